The number of rotatable bonds is 4. The van der Waals surface area contributed by atoms with Crippen LogP contribution in [0.4, 0.5) is 0 Å². The summed E-state index contributed by atoms with van der Waals surface area (Å²) in [6.07, 6.45) is 0. The van der Waals surface area contributed by atoms with Gasteiger partial charge in [0.25, 0.3) is 0 Å². The number of nitrogens with zero attached hydrogens (tertiary/aromatic N) is 4. The first-order valence-electron chi connectivity index (χ1n) is 16.9. The molecule has 11 rings (SSSR count). The quantitative estimate of drug-likeness (QED) is 0.189. The maximum atomic E-state index is 6.65. The molecule has 51 heavy (non-hydrogen) atoms. The Morgan fingerprint density at radius 2 is 0.961 bits per heavy atom. The van der Waals surface area contributed by atoms with Gasteiger partial charge in [-0.1, -0.05) is 97.1 Å². The summed E-state index contributed by atoms with van der Waals surface area (Å²) in [5, 5.41) is 6.56. The molecule has 0 bridgehead atoms. The van der Waals surface area contributed by atoms with Crippen molar-refractivity contribution in [2.75, 3.05) is 0 Å². The van der Waals surface area contributed by atoms with Crippen LogP contribution in [0, 0.1) is 0 Å². The molecule has 6 nitrogen and oxygen atoms in total. The number of benzene rings is 7. The van der Waals surface area contributed by atoms with E-state index < -0.39 is 0 Å². The SMILES string of the molecule is c1ccc(-c2nc(-c3ccc4oc5ccccc5c4c3)nc(-c3cccc4c3oc3ccc(-n5c6ccccc6c6ccccc65)cc34)n2)cc1. The van der Waals surface area contributed by atoms with Gasteiger partial charge in [0.15, 0.2) is 17.5 Å². The third-order valence-corrected chi connectivity index (χ3v) is 9.86. The van der Waals surface area contributed by atoms with Crippen LogP contribution in [0.1, 0.15) is 0 Å². The predicted molar refractivity (Wildman–Crippen MR) is 205 cm³/mol. The smallest absolute Gasteiger partial charge is 0.167 e. The van der Waals surface area contributed by atoms with Crippen molar-refractivity contribution in [2.24, 2.45) is 0 Å². The fourth-order valence-electron chi connectivity index (χ4n) is 7.51. The summed E-state index contributed by atoms with van der Waals surface area (Å²) in [6.45, 7) is 0. The lowest BCUT2D eigenvalue weighted by Crippen LogP contribution is -2.00. The van der Waals surface area contributed by atoms with Crippen molar-refractivity contribution in [3.63, 3.8) is 0 Å². The molecule has 0 aliphatic carbocycles. The van der Waals surface area contributed by atoms with E-state index in [0.29, 0.717) is 17.5 Å². The van der Waals surface area contributed by atoms with Gasteiger partial charge in [0, 0.05) is 49.1 Å². The molecule has 0 amide bonds. The Labute approximate surface area is 290 Å². The topological polar surface area (TPSA) is 69.9 Å². The van der Waals surface area contributed by atoms with Gasteiger partial charge in [0.1, 0.15) is 22.3 Å². The van der Waals surface area contributed by atoms with Crippen LogP contribution in [-0.4, -0.2) is 19.5 Å². The van der Waals surface area contributed by atoms with E-state index in [0.717, 1.165) is 66.3 Å². The molecule has 238 valence electrons. The Morgan fingerprint density at radius 1 is 0.373 bits per heavy atom. The van der Waals surface area contributed by atoms with Gasteiger partial charge in [-0.15, -0.1) is 0 Å². The highest BCUT2D eigenvalue weighted by Crippen LogP contribution is 2.39. The molecule has 0 saturated carbocycles. The molecular weight excluding hydrogens is 629 g/mol. The fraction of sp³-hybridized carbons (Fsp3) is 0. The highest BCUT2D eigenvalue weighted by atomic mass is 16.3. The van der Waals surface area contributed by atoms with Crippen LogP contribution >= 0.6 is 0 Å². The third-order valence-electron chi connectivity index (χ3n) is 9.86. The molecule has 7 aromatic carbocycles. The largest absolute Gasteiger partial charge is 0.456 e. The van der Waals surface area contributed by atoms with Crippen molar-refractivity contribution < 1.29 is 8.83 Å². The zero-order valence-corrected chi connectivity index (χ0v) is 27.1. The van der Waals surface area contributed by atoms with Crippen LogP contribution in [0.3, 0.4) is 0 Å². The van der Waals surface area contributed by atoms with Crippen LogP contribution in [0.15, 0.2) is 167 Å². The predicted octanol–water partition coefficient (Wildman–Crippen LogP) is 11.8. The summed E-state index contributed by atoms with van der Waals surface area (Å²) in [4.78, 5) is 15.1. The minimum atomic E-state index is 0.545. The van der Waals surface area contributed by atoms with Gasteiger partial charge in [-0.25, -0.2) is 15.0 Å². The van der Waals surface area contributed by atoms with Crippen LogP contribution in [0.25, 0.3) is 106 Å². The summed E-state index contributed by atoms with van der Waals surface area (Å²) in [7, 11) is 0. The Bertz CT molecular complexity index is 3100. The van der Waals surface area contributed by atoms with Gasteiger partial charge in [0.2, 0.25) is 0 Å². The Balaban J connectivity index is 1.11. The average Bonchev–Trinajstić information content (AvgIpc) is 3.87. The molecule has 0 saturated heterocycles. The van der Waals surface area contributed by atoms with Gasteiger partial charge in [-0.2, -0.15) is 0 Å². The van der Waals surface area contributed by atoms with E-state index in [1.807, 2.05) is 66.7 Å². The molecule has 0 radical (unpaired) electrons. The van der Waals surface area contributed by atoms with Gasteiger partial charge in [0.05, 0.1) is 16.6 Å². The van der Waals surface area contributed by atoms with Crippen molar-refractivity contribution in [1.29, 1.82) is 0 Å². The maximum Gasteiger partial charge on any atom is 0.167 e. The van der Waals surface area contributed by atoms with E-state index in [1.54, 1.807) is 0 Å². The lowest BCUT2D eigenvalue weighted by molar-refractivity contribution is 0.669. The molecule has 0 aliphatic rings. The number of para-hydroxylation sites is 4. The van der Waals surface area contributed by atoms with E-state index in [1.165, 1.54) is 21.8 Å². The van der Waals surface area contributed by atoms with E-state index in [-0.39, 0.29) is 0 Å². The molecule has 4 aromatic heterocycles. The lowest BCUT2D eigenvalue weighted by Gasteiger charge is -2.09. The highest BCUT2D eigenvalue weighted by molar-refractivity contribution is 6.12. The highest BCUT2D eigenvalue weighted by Gasteiger charge is 2.20. The van der Waals surface area contributed by atoms with E-state index in [4.69, 9.17) is 23.8 Å². The van der Waals surface area contributed by atoms with Crippen molar-refractivity contribution >= 4 is 65.7 Å². The first kappa shape index (κ1) is 27.9. The van der Waals surface area contributed by atoms with E-state index in [9.17, 15) is 0 Å². The monoisotopic (exact) mass is 654 g/mol. The maximum absolute atomic E-state index is 6.65. The minimum Gasteiger partial charge on any atom is -0.456 e. The summed E-state index contributed by atoms with van der Waals surface area (Å²) < 4.78 is 15.1. The van der Waals surface area contributed by atoms with Crippen molar-refractivity contribution in [3.05, 3.63) is 158 Å². The second-order valence-corrected chi connectivity index (χ2v) is 12.8. The number of aromatic nitrogens is 4. The third kappa shape index (κ3) is 4.26. The van der Waals surface area contributed by atoms with Crippen LogP contribution < -0.4 is 0 Å². The van der Waals surface area contributed by atoms with Gasteiger partial charge >= 0.3 is 0 Å². The first-order valence-corrected chi connectivity index (χ1v) is 16.9. The van der Waals surface area contributed by atoms with Crippen LogP contribution in [0.2, 0.25) is 0 Å². The van der Waals surface area contributed by atoms with Crippen LogP contribution in [0.5, 0.6) is 0 Å². The summed E-state index contributed by atoms with van der Waals surface area (Å²) >= 11 is 0. The first-order chi connectivity index (χ1) is 25.3. The Morgan fingerprint density at radius 3 is 1.76 bits per heavy atom. The van der Waals surface area contributed by atoms with Gasteiger partial charge < -0.3 is 13.4 Å². The molecule has 0 atom stereocenters. The second-order valence-electron chi connectivity index (χ2n) is 12.8. The normalized spacial score (nSPS) is 11.9. The molecule has 0 fully saturated rings. The molecule has 6 heteroatoms. The van der Waals surface area contributed by atoms with E-state index >= 15 is 0 Å². The van der Waals surface area contributed by atoms with Crippen molar-refractivity contribution in [3.8, 4) is 39.9 Å². The van der Waals surface area contributed by atoms with Gasteiger partial charge in [-0.05, 0) is 60.7 Å². The summed E-state index contributed by atoms with van der Waals surface area (Å²) in [5.41, 5.74) is 9.21. The summed E-state index contributed by atoms with van der Waals surface area (Å²) in [6, 6.07) is 54.0. The zero-order chi connectivity index (χ0) is 33.5. The summed E-state index contributed by atoms with van der Waals surface area (Å²) in [5.74, 6) is 1.71. The van der Waals surface area contributed by atoms with Crippen molar-refractivity contribution in [2.45, 2.75) is 0 Å². The number of hydrogen-bond acceptors (Lipinski definition) is 5. The lowest BCUT2D eigenvalue weighted by atomic mass is 10.1. The molecular formula is C45H26N4O2. The molecule has 11 aromatic rings. The minimum absolute atomic E-state index is 0.545. The van der Waals surface area contributed by atoms with Crippen LogP contribution in [-0.2, 0) is 0 Å². The molecule has 0 aliphatic heterocycles. The second kappa shape index (κ2) is 10.7. The average molecular weight is 655 g/mol. The number of hydrogen-bond donors (Lipinski definition) is 0. The molecule has 0 unspecified atom stereocenters. The standard InChI is InChI=1S/C45H26N4O2/c1-2-11-27(12-3-1)43-46-44(28-21-23-40-35(25-28)32-15-6-9-20-39(32)50-40)48-45(47-43)34-17-10-16-33-36-26-29(22-24-41(36)51-42(33)34)49-37-18-7-4-13-30(37)31-14-5-8-19-38(31)49/h1-26H. The number of furan rings is 2. The molecule has 0 spiro atoms. The Hall–Kier alpha value is -7.05. The fourth-order valence-corrected chi connectivity index (χ4v) is 7.51. The van der Waals surface area contributed by atoms with Crippen molar-refractivity contribution in [1.82, 2.24) is 19.5 Å². The molecule has 0 N–H and O–H groups in total. The molecule has 4 heterocycles. The Kier molecular flexibility index (Phi) is 5.86. The number of fused-ring (bicyclic) bond motifs is 9. The zero-order valence-electron chi connectivity index (χ0n) is 27.1. The van der Waals surface area contributed by atoms with Gasteiger partial charge in [-0.3, -0.25) is 0 Å². The van der Waals surface area contributed by atoms with E-state index in [2.05, 4.69) is 95.6 Å².